The second-order valence-electron chi connectivity index (χ2n) is 3.84. The first-order chi connectivity index (χ1) is 7.81. The molecule has 1 aromatic carbocycles. The summed E-state index contributed by atoms with van der Waals surface area (Å²) < 4.78 is 10.6. The van der Waals surface area contributed by atoms with Crippen molar-refractivity contribution in [2.45, 2.75) is 18.3 Å². The molecule has 0 amide bonds. The molecular formula is C13H16O3. The second kappa shape index (κ2) is 5.25. The molecule has 1 aliphatic rings. The topological polar surface area (TPSA) is 38.7 Å². The number of aliphatic hydroxyl groups is 1. The van der Waals surface area contributed by atoms with Gasteiger partial charge >= 0.3 is 0 Å². The lowest BCUT2D eigenvalue weighted by Gasteiger charge is -2.15. The fraction of sp³-hybridized carbons (Fsp3) is 0.385. The molecule has 1 heterocycles. The van der Waals surface area contributed by atoms with Crippen LogP contribution in [0, 0.1) is 0 Å². The molecule has 1 aliphatic heterocycles. The van der Waals surface area contributed by atoms with Gasteiger partial charge in [0.25, 0.3) is 0 Å². The van der Waals surface area contributed by atoms with Crippen molar-refractivity contribution >= 4 is 6.08 Å². The molecule has 0 bridgehead atoms. The van der Waals surface area contributed by atoms with Crippen LogP contribution in [0.15, 0.2) is 36.4 Å². The summed E-state index contributed by atoms with van der Waals surface area (Å²) in [5.74, 6) is 0. The molecule has 0 saturated carbocycles. The Kier molecular flexibility index (Phi) is 3.72. The number of aliphatic hydroxyl groups excluding tert-OH is 1. The van der Waals surface area contributed by atoms with Crippen LogP contribution in [-0.4, -0.2) is 37.1 Å². The Bertz CT molecular complexity index is 347. The van der Waals surface area contributed by atoms with Crippen molar-refractivity contribution in [1.82, 2.24) is 0 Å². The van der Waals surface area contributed by atoms with E-state index in [1.54, 1.807) is 7.11 Å². The van der Waals surface area contributed by atoms with Gasteiger partial charge in [-0.2, -0.15) is 0 Å². The molecular weight excluding hydrogens is 204 g/mol. The van der Waals surface area contributed by atoms with E-state index in [2.05, 4.69) is 0 Å². The van der Waals surface area contributed by atoms with Gasteiger partial charge in [0.05, 0.1) is 6.61 Å². The molecule has 3 nitrogen and oxygen atoms in total. The zero-order valence-electron chi connectivity index (χ0n) is 9.24. The highest BCUT2D eigenvalue weighted by atomic mass is 16.6. The zero-order chi connectivity index (χ0) is 11.4. The van der Waals surface area contributed by atoms with Crippen molar-refractivity contribution in [3.05, 3.63) is 42.0 Å². The van der Waals surface area contributed by atoms with Gasteiger partial charge in [0.1, 0.15) is 18.3 Å². The largest absolute Gasteiger partial charge is 0.388 e. The van der Waals surface area contributed by atoms with Gasteiger partial charge in [0, 0.05) is 7.11 Å². The van der Waals surface area contributed by atoms with Gasteiger partial charge in [0.15, 0.2) is 0 Å². The van der Waals surface area contributed by atoms with Crippen LogP contribution in [0.4, 0.5) is 0 Å². The van der Waals surface area contributed by atoms with Crippen LogP contribution in [0.25, 0.3) is 6.08 Å². The van der Waals surface area contributed by atoms with E-state index in [-0.39, 0.29) is 12.2 Å². The van der Waals surface area contributed by atoms with Crippen molar-refractivity contribution in [2.24, 2.45) is 0 Å². The summed E-state index contributed by atoms with van der Waals surface area (Å²) in [4.78, 5) is 0. The van der Waals surface area contributed by atoms with Gasteiger partial charge in [0.2, 0.25) is 0 Å². The average Bonchev–Trinajstić information content (AvgIpc) is 2.68. The summed E-state index contributed by atoms with van der Waals surface area (Å²) in [5.41, 5.74) is 1.11. The molecule has 0 unspecified atom stereocenters. The van der Waals surface area contributed by atoms with E-state index >= 15 is 0 Å². The molecule has 16 heavy (non-hydrogen) atoms. The fourth-order valence-electron chi connectivity index (χ4n) is 1.84. The van der Waals surface area contributed by atoms with Crippen molar-refractivity contribution in [2.75, 3.05) is 13.7 Å². The lowest BCUT2D eigenvalue weighted by Crippen LogP contribution is -2.30. The third kappa shape index (κ3) is 2.50. The van der Waals surface area contributed by atoms with E-state index in [0.29, 0.717) is 6.61 Å². The monoisotopic (exact) mass is 220 g/mol. The fourth-order valence-corrected chi connectivity index (χ4v) is 1.84. The quantitative estimate of drug-likeness (QED) is 0.838. The Morgan fingerprint density at radius 3 is 2.81 bits per heavy atom. The van der Waals surface area contributed by atoms with Gasteiger partial charge in [-0.15, -0.1) is 0 Å². The van der Waals surface area contributed by atoms with Gasteiger partial charge in [-0.25, -0.2) is 0 Å². The number of methoxy groups -OCH3 is 1. The molecule has 3 atom stereocenters. The molecule has 3 heteroatoms. The van der Waals surface area contributed by atoms with E-state index in [1.807, 2.05) is 42.5 Å². The van der Waals surface area contributed by atoms with Crippen LogP contribution in [-0.2, 0) is 9.47 Å². The highest BCUT2D eigenvalue weighted by molar-refractivity contribution is 5.49. The number of hydrogen-bond donors (Lipinski definition) is 1. The minimum atomic E-state index is -0.532. The summed E-state index contributed by atoms with van der Waals surface area (Å²) in [6.07, 6.45) is 2.95. The van der Waals surface area contributed by atoms with Gasteiger partial charge in [-0.05, 0) is 5.56 Å². The van der Waals surface area contributed by atoms with Gasteiger partial charge in [-0.1, -0.05) is 42.5 Å². The third-order valence-electron chi connectivity index (χ3n) is 2.71. The molecule has 0 radical (unpaired) electrons. The maximum Gasteiger partial charge on any atom is 0.115 e. The van der Waals surface area contributed by atoms with E-state index in [1.165, 1.54) is 0 Å². The van der Waals surface area contributed by atoms with E-state index in [0.717, 1.165) is 5.56 Å². The predicted octanol–water partition coefficient (Wildman–Crippen LogP) is 1.47. The van der Waals surface area contributed by atoms with Crippen LogP contribution < -0.4 is 0 Å². The van der Waals surface area contributed by atoms with Crippen LogP contribution in [0.1, 0.15) is 5.56 Å². The van der Waals surface area contributed by atoms with Gasteiger partial charge in [-0.3, -0.25) is 0 Å². The molecule has 2 rings (SSSR count). The van der Waals surface area contributed by atoms with Gasteiger partial charge < -0.3 is 14.6 Å². The van der Waals surface area contributed by atoms with Crippen LogP contribution in [0.5, 0.6) is 0 Å². The first kappa shape index (κ1) is 11.3. The normalized spacial score (nSPS) is 30.0. The van der Waals surface area contributed by atoms with Crippen LogP contribution >= 0.6 is 0 Å². The lowest BCUT2D eigenvalue weighted by molar-refractivity contribution is 0.00503. The van der Waals surface area contributed by atoms with Crippen molar-refractivity contribution in [3.63, 3.8) is 0 Å². The maximum absolute atomic E-state index is 9.57. The number of benzene rings is 1. The SMILES string of the molecule is CO[C@@H]1[C@H](O)CO[C@H]1/C=C/c1ccccc1. The van der Waals surface area contributed by atoms with E-state index in [4.69, 9.17) is 9.47 Å². The number of hydrogen-bond acceptors (Lipinski definition) is 3. The first-order valence-corrected chi connectivity index (χ1v) is 5.37. The Labute approximate surface area is 95.3 Å². The molecule has 1 fully saturated rings. The zero-order valence-corrected chi connectivity index (χ0v) is 9.24. The molecule has 1 aromatic rings. The maximum atomic E-state index is 9.57. The molecule has 0 aliphatic carbocycles. The van der Waals surface area contributed by atoms with Crippen molar-refractivity contribution < 1.29 is 14.6 Å². The smallest absolute Gasteiger partial charge is 0.115 e. The Hall–Kier alpha value is -1.16. The summed E-state index contributed by atoms with van der Waals surface area (Å²) in [7, 11) is 1.59. The van der Waals surface area contributed by atoms with E-state index < -0.39 is 6.10 Å². The Morgan fingerprint density at radius 1 is 1.38 bits per heavy atom. The minimum absolute atomic E-state index is 0.166. The average molecular weight is 220 g/mol. The van der Waals surface area contributed by atoms with Crippen molar-refractivity contribution in [3.8, 4) is 0 Å². The minimum Gasteiger partial charge on any atom is -0.388 e. The molecule has 1 N–H and O–H groups in total. The molecule has 0 spiro atoms. The third-order valence-corrected chi connectivity index (χ3v) is 2.71. The number of ether oxygens (including phenoxy) is 2. The second-order valence-corrected chi connectivity index (χ2v) is 3.84. The molecule has 0 aromatic heterocycles. The Morgan fingerprint density at radius 2 is 2.12 bits per heavy atom. The highest BCUT2D eigenvalue weighted by Crippen LogP contribution is 2.19. The summed E-state index contributed by atoms with van der Waals surface area (Å²) in [6, 6.07) is 9.98. The van der Waals surface area contributed by atoms with E-state index in [9.17, 15) is 5.11 Å². The van der Waals surface area contributed by atoms with Crippen molar-refractivity contribution in [1.29, 1.82) is 0 Å². The standard InChI is InChI=1S/C13H16O3/c1-15-13-11(14)9-16-12(13)8-7-10-5-3-2-4-6-10/h2-8,11-14H,9H2,1H3/b8-7+/t11-,12+,13-/m1/s1. The van der Waals surface area contributed by atoms with Crippen LogP contribution in [0.3, 0.4) is 0 Å². The summed E-state index contributed by atoms with van der Waals surface area (Å²) in [5, 5.41) is 9.57. The lowest BCUT2D eigenvalue weighted by atomic mass is 10.1. The van der Waals surface area contributed by atoms with Crippen LogP contribution in [0.2, 0.25) is 0 Å². The summed E-state index contributed by atoms with van der Waals surface area (Å²) >= 11 is 0. The number of rotatable bonds is 3. The first-order valence-electron chi connectivity index (χ1n) is 5.37. The summed E-state index contributed by atoms with van der Waals surface area (Å²) in [6.45, 7) is 0.336. The molecule has 1 saturated heterocycles. The Balaban J connectivity index is 2.02. The predicted molar refractivity (Wildman–Crippen MR) is 62.0 cm³/mol. The highest BCUT2D eigenvalue weighted by Gasteiger charge is 2.34. The molecule has 86 valence electrons.